The molecule has 0 saturated carbocycles. The summed E-state index contributed by atoms with van der Waals surface area (Å²) in [7, 11) is 2.57. The number of ether oxygens (including phenoxy) is 2. The van der Waals surface area contributed by atoms with Crippen LogP contribution in [0.3, 0.4) is 0 Å². The van der Waals surface area contributed by atoms with E-state index in [9.17, 15) is 19.2 Å². The highest BCUT2D eigenvalue weighted by molar-refractivity contribution is 5.95. The van der Waals surface area contributed by atoms with Crippen LogP contribution in [0.1, 0.15) is 41.4 Å². The molecule has 2 aromatic rings. The standard InChI is InChI=1S/C10H10O4.C8H6O4/c1-13-9(11)7-4-3-5-8(6-7)10(12)14-2;9-7(10)5-1-2-6(4-3-5)8(11)12/h3-6H,1-2H3;1-4H,(H,9,10)(H,11,12). The number of esters is 2. The summed E-state index contributed by atoms with van der Waals surface area (Å²) in [5.41, 5.74) is 0.825. The van der Waals surface area contributed by atoms with Crippen LogP contribution in [-0.2, 0) is 9.47 Å². The monoisotopic (exact) mass is 360 g/mol. The van der Waals surface area contributed by atoms with Crippen LogP contribution in [0.5, 0.6) is 0 Å². The van der Waals surface area contributed by atoms with Crippen molar-refractivity contribution in [1.29, 1.82) is 0 Å². The van der Waals surface area contributed by atoms with E-state index in [0.717, 1.165) is 0 Å². The van der Waals surface area contributed by atoms with Crippen LogP contribution in [0, 0.1) is 0 Å². The number of carbonyl (C=O) groups is 4. The van der Waals surface area contributed by atoms with Gasteiger partial charge in [-0.1, -0.05) is 6.07 Å². The fraction of sp³-hybridized carbons (Fsp3) is 0.111. The van der Waals surface area contributed by atoms with E-state index in [2.05, 4.69) is 9.47 Å². The van der Waals surface area contributed by atoms with Gasteiger partial charge in [-0.2, -0.15) is 0 Å². The van der Waals surface area contributed by atoms with Crippen LogP contribution in [-0.4, -0.2) is 48.3 Å². The second-order valence-corrected chi connectivity index (χ2v) is 4.75. The first-order valence-electron chi connectivity index (χ1n) is 7.13. The molecule has 0 spiro atoms. The molecule has 2 N–H and O–H groups in total. The molecular formula is C18H16O8. The lowest BCUT2D eigenvalue weighted by Gasteiger charge is -2.01. The molecule has 0 radical (unpaired) electrons. The van der Waals surface area contributed by atoms with Gasteiger partial charge in [0.2, 0.25) is 0 Å². The fourth-order valence-corrected chi connectivity index (χ4v) is 1.76. The van der Waals surface area contributed by atoms with Gasteiger partial charge in [0.25, 0.3) is 0 Å². The van der Waals surface area contributed by atoms with Crippen molar-refractivity contribution in [3.63, 3.8) is 0 Å². The molecule has 2 aromatic carbocycles. The molecule has 0 unspecified atom stereocenters. The zero-order chi connectivity index (χ0) is 19.7. The van der Waals surface area contributed by atoms with Crippen LogP contribution >= 0.6 is 0 Å². The van der Waals surface area contributed by atoms with E-state index in [1.54, 1.807) is 18.2 Å². The van der Waals surface area contributed by atoms with Gasteiger partial charge in [0.15, 0.2) is 0 Å². The molecular weight excluding hydrogens is 344 g/mol. The average Bonchev–Trinajstić information content (AvgIpc) is 2.67. The molecule has 26 heavy (non-hydrogen) atoms. The van der Waals surface area contributed by atoms with Gasteiger partial charge in [0.1, 0.15) is 0 Å². The maximum Gasteiger partial charge on any atom is 0.337 e. The predicted octanol–water partition coefficient (Wildman–Crippen LogP) is 2.34. The van der Waals surface area contributed by atoms with Crippen molar-refractivity contribution in [2.24, 2.45) is 0 Å². The molecule has 0 bridgehead atoms. The van der Waals surface area contributed by atoms with Crippen molar-refractivity contribution >= 4 is 23.9 Å². The molecule has 8 nitrogen and oxygen atoms in total. The zero-order valence-electron chi connectivity index (χ0n) is 14.0. The topological polar surface area (TPSA) is 127 Å². The molecule has 0 fully saturated rings. The Balaban J connectivity index is 0.000000263. The van der Waals surface area contributed by atoms with Gasteiger partial charge >= 0.3 is 23.9 Å². The normalized spacial score (nSPS) is 9.31. The highest BCUT2D eigenvalue weighted by Crippen LogP contribution is 2.07. The number of aromatic carboxylic acids is 2. The van der Waals surface area contributed by atoms with Crippen molar-refractivity contribution in [3.8, 4) is 0 Å². The Morgan fingerprint density at radius 2 is 1.00 bits per heavy atom. The number of carboxylic acids is 2. The fourth-order valence-electron chi connectivity index (χ4n) is 1.76. The van der Waals surface area contributed by atoms with E-state index in [1.165, 1.54) is 44.6 Å². The Bertz CT molecular complexity index is 744. The minimum atomic E-state index is -1.06. The molecule has 2 rings (SSSR count). The number of carboxylic acid groups (broad SMARTS) is 2. The molecule has 136 valence electrons. The summed E-state index contributed by atoms with van der Waals surface area (Å²) in [4.78, 5) is 42.9. The molecule has 0 aromatic heterocycles. The van der Waals surface area contributed by atoms with E-state index >= 15 is 0 Å². The third-order valence-corrected chi connectivity index (χ3v) is 3.08. The number of hydrogen-bond donors (Lipinski definition) is 2. The highest BCUT2D eigenvalue weighted by Gasteiger charge is 2.10. The summed E-state index contributed by atoms with van der Waals surface area (Å²) in [6, 6.07) is 11.2. The summed E-state index contributed by atoms with van der Waals surface area (Å²) < 4.78 is 9.03. The number of carbonyl (C=O) groups excluding carboxylic acids is 2. The summed E-state index contributed by atoms with van der Waals surface area (Å²) in [5.74, 6) is -3.08. The van der Waals surface area contributed by atoms with Gasteiger partial charge in [0.05, 0.1) is 36.5 Å². The van der Waals surface area contributed by atoms with E-state index < -0.39 is 23.9 Å². The first-order chi connectivity index (χ1) is 12.3. The molecule has 0 heterocycles. The Morgan fingerprint density at radius 3 is 1.27 bits per heavy atom. The van der Waals surface area contributed by atoms with Gasteiger partial charge in [-0.3, -0.25) is 0 Å². The third kappa shape index (κ3) is 5.75. The second kappa shape index (κ2) is 9.58. The lowest BCUT2D eigenvalue weighted by Crippen LogP contribution is -2.05. The number of hydrogen-bond acceptors (Lipinski definition) is 6. The number of rotatable bonds is 4. The van der Waals surface area contributed by atoms with E-state index in [1.807, 2.05) is 0 Å². The molecule has 0 atom stereocenters. The zero-order valence-corrected chi connectivity index (χ0v) is 14.0. The van der Waals surface area contributed by atoms with Gasteiger partial charge in [-0.05, 0) is 42.5 Å². The summed E-state index contributed by atoms with van der Waals surface area (Å²) in [5, 5.41) is 16.9. The Morgan fingerprint density at radius 1 is 0.654 bits per heavy atom. The maximum atomic E-state index is 11.1. The maximum absolute atomic E-state index is 11.1. The van der Waals surface area contributed by atoms with Crippen molar-refractivity contribution in [1.82, 2.24) is 0 Å². The van der Waals surface area contributed by atoms with Crippen molar-refractivity contribution in [2.45, 2.75) is 0 Å². The average molecular weight is 360 g/mol. The Kier molecular flexibility index (Phi) is 7.50. The van der Waals surface area contributed by atoms with Crippen LogP contribution < -0.4 is 0 Å². The van der Waals surface area contributed by atoms with Crippen molar-refractivity contribution in [2.75, 3.05) is 14.2 Å². The number of methoxy groups -OCH3 is 2. The molecule has 8 heteroatoms. The van der Waals surface area contributed by atoms with E-state index in [0.29, 0.717) is 11.1 Å². The van der Waals surface area contributed by atoms with Crippen molar-refractivity contribution < 1.29 is 38.9 Å². The lowest BCUT2D eigenvalue weighted by atomic mass is 10.1. The van der Waals surface area contributed by atoms with Crippen LogP contribution in [0.4, 0.5) is 0 Å². The molecule has 0 aliphatic heterocycles. The third-order valence-electron chi connectivity index (χ3n) is 3.08. The largest absolute Gasteiger partial charge is 0.478 e. The summed E-state index contributed by atoms with van der Waals surface area (Å²) in [6.45, 7) is 0. The predicted molar refractivity (Wildman–Crippen MR) is 89.5 cm³/mol. The van der Waals surface area contributed by atoms with Crippen LogP contribution in [0.25, 0.3) is 0 Å². The van der Waals surface area contributed by atoms with Gasteiger partial charge in [-0.25, -0.2) is 19.2 Å². The van der Waals surface area contributed by atoms with Crippen LogP contribution in [0.15, 0.2) is 48.5 Å². The highest BCUT2D eigenvalue weighted by atomic mass is 16.5. The first kappa shape index (κ1) is 20.4. The SMILES string of the molecule is COC(=O)c1cccc(C(=O)OC)c1.O=C(O)c1ccc(C(=O)O)cc1. The van der Waals surface area contributed by atoms with Crippen LogP contribution in [0.2, 0.25) is 0 Å². The molecule has 0 aliphatic carbocycles. The second-order valence-electron chi connectivity index (χ2n) is 4.75. The quantitative estimate of drug-likeness (QED) is 0.795. The minimum absolute atomic E-state index is 0.0833. The van der Waals surface area contributed by atoms with Gasteiger partial charge < -0.3 is 19.7 Å². The molecule has 0 saturated heterocycles. The smallest absolute Gasteiger partial charge is 0.337 e. The molecule has 0 aliphatic rings. The Labute approximate surface area is 148 Å². The van der Waals surface area contributed by atoms with E-state index in [-0.39, 0.29) is 11.1 Å². The first-order valence-corrected chi connectivity index (χ1v) is 7.13. The lowest BCUT2D eigenvalue weighted by molar-refractivity contribution is 0.0596. The summed E-state index contributed by atoms with van der Waals surface area (Å²) >= 11 is 0. The van der Waals surface area contributed by atoms with Crippen molar-refractivity contribution in [3.05, 3.63) is 70.8 Å². The van der Waals surface area contributed by atoms with Gasteiger partial charge in [0, 0.05) is 0 Å². The Hall–Kier alpha value is -3.68. The summed E-state index contributed by atoms with van der Waals surface area (Å²) in [6.07, 6.45) is 0. The van der Waals surface area contributed by atoms with E-state index in [4.69, 9.17) is 10.2 Å². The number of benzene rings is 2. The minimum Gasteiger partial charge on any atom is -0.478 e. The molecule has 0 amide bonds. The van der Waals surface area contributed by atoms with Gasteiger partial charge in [-0.15, -0.1) is 0 Å².